The second kappa shape index (κ2) is 6.35. The van der Waals surface area contributed by atoms with E-state index in [4.69, 9.17) is 14.2 Å². The third kappa shape index (κ3) is 2.73. The van der Waals surface area contributed by atoms with E-state index in [1.54, 1.807) is 62.8 Å². The van der Waals surface area contributed by atoms with Gasteiger partial charge in [0.25, 0.3) is 0 Å². The Kier molecular flexibility index (Phi) is 4.25. The van der Waals surface area contributed by atoms with E-state index in [1.165, 1.54) is 0 Å². The topological polar surface area (TPSA) is 61.8 Å². The molecule has 1 saturated heterocycles. The van der Waals surface area contributed by atoms with E-state index in [2.05, 4.69) is 0 Å². The lowest BCUT2D eigenvalue weighted by molar-refractivity contribution is -0.146. The monoisotopic (exact) mass is 326 g/mol. The lowest BCUT2D eigenvalue weighted by Crippen LogP contribution is -2.35. The summed E-state index contributed by atoms with van der Waals surface area (Å²) < 4.78 is 15.8. The van der Waals surface area contributed by atoms with Crippen LogP contribution in [-0.2, 0) is 15.1 Å². The maximum absolute atomic E-state index is 13.1. The molecule has 0 radical (unpaired) electrons. The number of carbonyl (C=O) groups excluding carboxylic acids is 2. The van der Waals surface area contributed by atoms with Crippen LogP contribution >= 0.6 is 0 Å². The van der Waals surface area contributed by atoms with Crippen molar-refractivity contribution in [2.45, 2.75) is 18.4 Å². The van der Waals surface area contributed by atoms with Gasteiger partial charge in [-0.3, -0.25) is 9.59 Å². The molecule has 5 heteroatoms. The normalized spacial score (nSPS) is 19.7. The van der Waals surface area contributed by atoms with E-state index in [0.717, 1.165) is 0 Å². The summed E-state index contributed by atoms with van der Waals surface area (Å²) in [7, 11) is 3.14. The molecule has 0 amide bonds. The van der Waals surface area contributed by atoms with Gasteiger partial charge in [0.2, 0.25) is 5.78 Å². The number of hydrogen-bond acceptors (Lipinski definition) is 5. The van der Waals surface area contributed by atoms with Crippen LogP contribution in [0, 0.1) is 0 Å². The number of hydrogen-bond donors (Lipinski definition) is 0. The van der Waals surface area contributed by atoms with Crippen LogP contribution in [-0.4, -0.2) is 26.0 Å². The first-order valence-electron chi connectivity index (χ1n) is 7.64. The van der Waals surface area contributed by atoms with Gasteiger partial charge in [-0.15, -0.1) is 0 Å². The molecule has 1 unspecified atom stereocenters. The van der Waals surface area contributed by atoms with Gasteiger partial charge >= 0.3 is 5.97 Å². The van der Waals surface area contributed by atoms with E-state index in [-0.39, 0.29) is 18.2 Å². The first kappa shape index (κ1) is 16.1. The molecule has 0 spiro atoms. The van der Waals surface area contributed by atoms with Crippen LogP contribution in [0.15, 0.2) is 48.5 Å². The van der Waals surface area contributed by atoms with Crippen LogP contribution in [0.25, 0.3) is 0 Å². The fourth-order valence-corrected chi connectivity index (χ4v) is 2.90. The van der Waals surface area contributed by atoms with Gasteiger partial charge in [-0.2, -0.15) is 0 Å². The van der Waals surface area contributed by atoms with Gasteiger partial charge < -0.3 is 14.2 Å². The van der Waals surface area contributed by atoms with Crippen molar-refractivity contribution in [1.29, 1.82) is 0 Å². The molecule has 124 valence electrons. The molecule has 0 aromatic heterocycles. The minimum absolute atomic E-state index is 0.216. The molecular formula is C19H18O5. The maximum Gasteiger partial charge on any atom is 0.307 e. The first-order valence-corrected chi connectivity index (χ1v) is 7.64. The molecular weight excluding hydrogens is 308 g/mol. The van der Waals surface area contributed by atoms with Gasteiger partial charge in [-0.05, 0) is 36.4 Å². The van der Waals surface area contributed by atoms with Crippen molar-refractivity contribution in [3.63, 3.8) is 0 Å². The molecule has 1 aliphatic rings. The summed E-state index contributed by atoms with van der Waals surface area (Å²) in [5, 5.41) is 0. The predicted octanol–water partition coefficient (Wildman–Crippen LogP) is 3.12. The van der Waals surface area contributed by atoms with Crippen molar-refractivity contribution in [3.8, 4) is 11.5 Å². The highest BCUT2D eigenvalue weighted by Crippen LogP contribution is 2.40. The molecule has 2 aromatic rings. The highest BCUT2D eigenvalue weighted by Gasteiger charge is 2.48. The molecule has 0 bridgehead atoms. The Hall–Kier alpha value is -2.82. The van der Waals surface area contributed by atoms with Gasteiger partial charge in [0.05, 0.1) is 20.6 Å². The molecule has 0 N–H and O–H groups in total. The second-order valence-corrected chi connectivity index (χ2v) is 5.59. The number of esters is 1. The Labute approximate surface area is 140 Å². The predicted molar refractivity (Wildman–Crippen MR) is 87.3 cm³/mol. The van der Waals surface area contributed by atoms with E-state index in [0.29, 0.717) is 29.0 Å². The van der Waals surface area contributed by atoms with Crippen LogP contribution in [0.5, 0.6) is 11.5 Å². The highest BCUT2D eigenvalue weighted by atomic mass is 16.6. The number of ketones is 1. The zero-order chi connectivity index (χ0) is 17.2. The number of benzene rings is 2. The van der Waals surface area contributed by atoms with Crippen LogP contribution in [0.4, 0.5) is 0 Å². The summed E-state index contributed by atoms with van der Waals surface area (Å²) in [6.45, 7) is 0. The first-order chi connectivity index (χ1) is 11.6. The summed E-state index contributed by atoms with van der Waals surface area (Å²) in [4.78, 5) is 24.9. The van der Waals surface area contributed by atoms with Crippen molar-refractivity contribution in [2.75, 3.05) is 14.2 Å². The number of cyclic esters (lactones) is 1. The lowest BCUT2D eigenvalue weighted by atomic mass is 9.83. The van der Waals surface area contributed by atoms with Crippen LogP contribution in [0.3, 0.4) is 0 Å². The van der Waals surface area contributed by atoms with E-state index < -0.39 is 5.60 Å². The van der Waals surface area contributed by atoms with Crippen molar-refractivity contribution < 1.29 is 23.8 Å². The molecule has 24 heavy (non-hydrogen) atoms. The number of methoxy groups -OCH3 is 2. The summed E-state index contributed by atoms with van der Waals surface area (Å²) >= 11 is 0. The van der Waals surface area contributed by atoms with Gasteiger partial charge in [-0.25, -0.2) is 0 Å². The number of rotatable bonds is 5. The van der Waals surface area contributed by atoms with Crippen molar-refractivity contribution >= 4 is 11.8 Å². The molecule has 5 nitrogen and oxygen atoms in total. The maximum atomic E-state index is 13.1. The van der Waals surface area contributed by atoms with Gasteiger partial charge in [0.15, 0.2) is 5.60 Å². The summed E-state index contributed by atoms with van der Waals surface area (Å²) in [6.07, 6.45) is 0.539. The Bertz CT molecular complexity index is 748. The molecule has 0 saturated carbocycles. The van der Waals surface area contributed by atoms with Gasteiger partial charge in [-0.1, -0.05) is 12.1 Å². The second-order valence-electron chi connectivity index (χ2n) is 5.59. The number of carbonyl (C=O) groups is 2. The zero-order valence-corrected chi connectivity index (χ0v) is 13.6. The number of ether oxygens (including phenoxy) is 3. The summed E-state index contributed by atoms with van der Waals surface area (Å²) in [5.74, 6) is 0.734. The summed E-state index contributed by atoms with van der Waals surface area (Å²) in [6, 6.07) is 13.8. The Morgan fingerprint density at radius 1 is 0.958 bits per heavy atom. The lowest BCUT2D eigenvalue weighted by Gasteiger charge is -2.27. The third-order valence-electron chi connectivity index (χ3n) is 4.24. The molecule has 0 aliphatic carbocycles. The van der Waals surface area contributed by atoms with Crippen molar-refractivity contribution in [3.05, 3.63) is 59.7 Å². The van der Waals surface area contributed by atoms with Crippen LogP contribution in [0.2, 0.25) is 0 Å². The van der Waals surface area contributed by atoms with Crippen LogP contribution < -0.4 is 9.47 Å². The zero-order valence-electron chi connectivity index (χ0n) is 13.6. The Morgan fingerprint density at radius 2 is 1.50 bits per heavy atom. The average molecular weight is 326 g/mol. The molecule has 1 fully saturated rings. The summed E-state index contributed by atoms with van der Waals surface area (Å²) in [5.41, 5.74) is -0.158. The Morgan fingerprint density at radius 3 is 1.96 bits per heavy atom. The molecule has 1 aliphatic heterocycles. The van der Waals surface area contributed by atoms with E-state index in [9.17, 15) is 9.59 Å². The van der Waals surface area contributed by atoms with E-state index >= 15 is 0 Å². The minimum atomic E-state index is -1.28. The standard InChI is InChI=1S/C19H18O5/c1-22-15-7-3-13(4-8-15)18(21)19(12-11-17(20)24-19)14-5-9-16(23-2)10-6-14/h3-10H,11-12H2,1-2H3. The Balaban J connectivity index is 2.01. The molecule has 1 heterocycles. The van der Waals surface area contributed by atoms with Crippen molar-refractivity contribution in [2.24, 2.45) is 0 Å². The molecule has 1 atom stereocenters. The SMILES string of the molecule is COc1ccc(C(=O)C2(c3ccc(OC)cc3)CCC(=O)O2)cc1. The number of Topliss-reactive ketones (excluding diaryl/α,β-unsaturated/α-hetero) is 1. The van der Waals surface area contributed by atoms with E-state index in [1.807, 2.05) is 0 Å². The minimum Gasteiger partial charge on any atom is -0.497 e. The van der Waals surface area contributed by atoms with Crippen LogP contribution in [0.1, 0.15) is 28.8 Å². The van der Waals surface area contributed by atoms with Gasteiger partial charge in [0, 0.05) is 17.5 Å². The molecule has 2 aromatic carbocycles. The fourth-order valence-electron chi connectivity index (χ4n) is 2.90. The highest BCUT2D eigenvalue weighted by molar-refractivity contribution is 6.05. The largest absolute Gasteiger partial charge is 0.497 e. The third-order valence-corrected chi connectivity index (χ3v) is 4.24. The van der Waals surface area contributed by atoms with Crippen molar-refractivity contribution in [1.82, 2.24) is 0 Å². The quantitative estimate of drug-likeness (QED) is 0.624. The fraction of sp³-hybridized carbons (Fsp3) is 0.263. The van der Waals surface area contributed by atoms with Gasteiger partial charge in [0.1, 0.15) is 11.5 Å². The smallest absolute Gasteiger partial charge is 0.307 e. The average Bonchev–Trinajstić information content (AvgIpc) is 3.04. The molecule has 3 rings (SSSR count).